The fraction of sp³-hybridized carbons (Fsp3) is 0.500. The molecule has 0 heteroatoms. The molecular formula is C16H24. The third-order valence-corrected chi connectivity index (χ3v) is 3.51. The average Bonchev–Trinajstić information content (AvgIpc) is 2.34. The molecule has 0 nitrogen and oxygen atoms in total. The fourth-order valence-corrected chi connectivity index (χ4v) is 1.83. The summed E-state index contributed by atoms with van der Waals surface area (Å²) in [6.45, 7) is 7.00. The highest BCUT2D eigenvalue weighted by molar-refractivity contribution is 5.48. The Labute approximate surface area is 100 Å². The summed E-state index contributed by atoms with van der Waals surface area (Å²) in [5, 5.41) is 0. The van der Waals surface area contributed by atoms with Crippen molar-refractivity contribution >= 4 is 6.08 Å². The van der Waals surface area contributed by atoms with Crippen molar-refractivity contribution in [2.45, 2.75) is 40.0 Å². The summed E-state index contributed by atoms with van der Waals surface area (Å²) in [7, 11) is 0. The molecule has 1 rings (SSSR count). The Bertz CT molecular complexity index is 297. The van der Waals surface area contributed by atoms with E-state index in [2.05, 4.69) is 63.3 Å². The standard InChI is InChI=1S/C16H24/c1-4-14(2)15(3)10-8-9-13-16-11-6-5-7-12-16/h5-7,9,11-15H,4,8,10H2,1-3H3/b13-9+. The molecule has 0 aliphatic carbocycles. The van der Waals surface area contributed by atoms with E-state index in [4.69, 9.17) is 0 Å². The highest BCUT2D eigenvalue weighted by Crippen LogP contribution is 2.19. The molecule has 0 aliphatic rings. The number of hydrogen-bond acceptors (Lipinski definition) is 0. The van der Waals surface area contributed by atoms with Crippen molar-refractivity contribution in [1.82, 2.24) is 0 Å². The van der Waals surface area contributed by atoms with E-state index < -0.39 is 0 Å². The molecule has 0 radical (unpaired) electrons. The van der Waals surface area contributed by atoms with Gasteiger partial charge in [0.25, 0.3) is 0 Å². The lowest BCUT2D eigenvalue weighted by atomic mass is 9.90. The zero-order valence-corrected chi connectivity index (χ0v) is 10.8. The van der Waals surface area contributed by atoms with Gasteiger partial charge in [-0.25, -0.2) is 0 Å². The van der Waals surface area contributed by atoms with E-state index in [0.717, 1.165) is 11.8 Å². The van der Waals surface area contributed by atoms with Gasteiger partial charge in [0.1, 0.15) is 0 Å². The molecule has 0 amide bonds. The number of allylic oxidation sites excluding steroid dienone is 1. The highest BCUT2D eigenvalue weighted by atomic mass is 14.1. The van der Waals surface area contributed by atoms with Gasteiger partial charge in [0.2, 0.25) is 0 Å². The van der Waals surface area contributed by atoms with Crippen LogP contribution in [0.15, 0.2) is 36.4 Å². The van der Waals surface area contributed by atoms with Gasteiger partial charge in [0.15, 0.2) is 0 Å². The van der Waals surface area contributed by atoms with Gasteiger partial charge in [-0.2, -0.15) is 0 Å². The van der Waals surface area contributed by atoms with Gasteiger partial charge in [0.05, 0.1) is 0 Å². The van der Waals surface area contributed by atoms with Crippen LogP contribution in [0.5, 0.6) is 0 Å². The molecule has 0 saturated carbocycles. The first kappa shape index (κ1) is 13.0. The number of rotatable bonds is 6. The van der Waals surface area contributed by atoms with Crippen molar-refractivity contribution in [2.75, 3.05) is 0 Å². The first-order chi connectivity index (χ1) is 7.74. The van der Waals surface area contributed by atoms with Gasteiger partial charge in [0, 0.05) is 0 Å². The summed E-state index contributed by atoms with van der Waals surface area (Å²) >= 11 is 0. The van der Waals surface area contributed by atoms with E-state index in [-0.39, 0.29) is 0 Å². The molecule has 0 aromatic heterocycles. The van der Waals surface area contributed by atoms with E-state index in [9.17, 15) is 0 Å². The summed E-state index contributed by atoms with van der Waals surface area (Å²) in [5.74, 6) is 1.69. The Morgan fingerprint density at radius 1 is 1.06 bits per heavy atom. The Morgan fingerprint density at radius 3 is 2.38 bits per heavy atom. The molecule has 2 atom stereocenters. The van der Waals surface area contributed by atoms with E-state index in [0.29, 0.717) is 0 Å². The average molecular weight is 216 g/mol. The van der Waals surface area contributed by atoms with Crippen LogP contribution < -0.4 is 0 Å². The summed E-state index contributed by atoms with van der Waals surface area (Å²) in [4.78, 5) is 0. The molecule has 0 aliphatic heterocycles. The summed E-state index contributed by atoms with van der Waals surface area (Å²) in [6, 6.07) is 10.5. The van der Waals surface area contributed by atoms with Crippen LogP contribution in [0.25, 0.3) is 6.08 Å². The number of hydrogen-bond donors (Lipinski definition) is 0. The smallest absolute Gasteiger partial charge is 0.0260 e. The lowest BCUT2D eigenvalue weighted by molar-refractivity contribution is 0.357. The van der Waals surface area contributed by atoms with E-state index in [1.807, 2.05) is 0 Å². The van der Waals surface area contributed by atoms with Crippen LogP contribution >= 0.6 is 0 Å². The SMILES string of the molecule is CCC(C)C(C)CC/C=C/c1ccccc1. The topological polar surface area (TPSA) is 0 Å². The van der Waals surface area contributed by atoms with Crippen LogP contribution in [0.1, 0.15) is 45.6 Å². The van der Waals surface area contributed by atoms with Crippen LogP contribution in [0.4, 0.5) is 0 Å². The Morgan fingerprint density at radius 2 is 1.75 bits per heavy atom. The van der Waals surface area contributed by atoms with Gasteiger partial charge in [-0.05, 0) is 30.2 Å². The molecule has 0 saturated heterocycles. The normalized spacial score (nSPS) is 15.2. The van der Waals surface area contributed by atoms with E-state index >= 15 is 0 Å². The molecule has 16 heavy (non-hydrogen) atoms. The van der Waals surface area contributed by atoms with E-state index in [1.54, 1.807) is 0 Å². The molecule has 0 spiro atoms. The van der Waals surface area contributed by atoms with E-state index in [1.165, 1.54) is 24.8 Å². The first-order valence-corrected chi connectivity index (χ1v) is 6.45. The van der Waals surface area contributed by atoms with Gasteiger partial charge in [-0.3, -0.25) is 0 Å². The molecule has 0 N–H and O–H groups in total. The van der Waals surface area contributed by atoms with Crippen molar-refractivity contribution in [3.05, 3.63) is 42.0 Å². The van der Waals surface area contributed by atoms with Crippen LogP contribution in [-0.4, -0.2) is 0 Å². The lowest BCUT2D eigenvalue weighted by Crippen LogP contribution is -2.05. The maximum Gasteiger partial charge on any atom is -0.0260 e. The van der Waals surface area contributed by atoms with Crippen molar-refractivity contribution < 1.29 is 0 Å². The van der Waals surface area contributed by atoms with Gasteiger partial charge < -0.3 is 0 Å². The Hall–Kier alpha value is -1.04. The second kappa shape index (κ2) is 7.27. The minimum Gasteiger partial charge on any atom is -0.0839 e. The van der Waals surface area contributed by atoms with Crippen molar-refractivity contribution in [3.63, 3.8) is 0 Å². The van der Waals surface area contributed by atoms with Crippen molar-refractivity contribution in [1.29, 1.82) is 0 Å². The largest absolute Gasteiger partial charge is 0.0839 e. The molecule has 1 aromatic rings. The molecule has 0 bridgehead atoms. The minimum atomic E-state index is 0.838. The summed E-state index contributed by atoms with van der Waals surface area (Å²) in [6.07, 6.45) is 8.32. The van der Waals surface area contributed by atoms with Crippen molar-refractivity contribution in [3.8, 4) is 0 Å². The molecule has 0 heterocycles. The van der Waals surface area contributed by atoms with Gasteiger partial charge in [-0.1, -0.05) is 69.7 Å². The lowest BCUT2D eigenvalue weighted by Gasteiger charge is -2.16. The van der Waals surface area contributed by atoms with Crippen molar-refractivity contribution in [2.24, 2.45) is 11.8 Å². The van der Waals surface area contributed by atoms with Gasteiger partial charge in [-0.15, -0.1) is 0 Å². The maximum atomic E-state index is 2.37. The molecule has 88 valence electrons. The third kappa shape index (κ3) is 4.65. The quantitative estimate of drug-likeness (QED) is 0.616. The van der Waals surface area contributed by atoms with Crippen LogP contribution in [-0.2, 0) is 0 Å². The second-order valence-corrected chi connectivity index (χ2v) is 4.75. The highest BCUT2D eigenvalue weighted by Gasteiger charge is 2.08. The fourth-order valence-electron chi connectivity index (χ4n) is 1.83. The zero-order chi connectivity index (χ0) is 11.8. The molecule has 2 unspecified atom stereocenters. The molecule has 0 fully saturated rings. The monoisotopic (exact) mass is 216 g/mol. The van der Waals surface area contributed by atoms with Gasteiger partial charge >= 0.3 is 0 Å². The third-order valence-electron chi connectivity index (χ3n) is 3.51. The van der Waals surface area contributed by atoms with Crippen LogP contribution in [0, 0.1) is 11.8 Å². The number of benzene rings is 1. The predicted octanol–water partition coefficient (Wildman–Crippen LogP) is 5.16. The maximum absolute atomic E-state index is 2.37. The van der Waals surface area contributed by atoms with Crippen LogP contribution in [0.2, 0.25) is 0 Å². The summed E-state index contributed by atoms with van der Waals surface area (Å²) < 4.78 is 0. The minimum absolute atomic E-state index is 0.838. The van der Waals surface area contributed by atoms with Crippen LogP contribution in [0.3, 0.4) is 0 Å². The predicted molar refractivity (Wildman–Crippen MR) is 73.3 cm³/mol. The molecule has 1 aromatic carbocycles. The molecular weight excluding hydrogens is 192 g/mol. The Balaban J connectivity index is 2.28. The first-order valence-electron chi connectivity index (χ1n) is 6.45. The zero-order valence-electron chi connectivity index (χ0n) is 10.8. The Kier molecular flexibility index (Phi) is 5.92. The summed E-state index contributed by atoms with van der Waals surface area (Å²) in [5.41, 5.74) is 1.30. The second-order valence-electron chi connectivity index (χ2n) is 4.75.